The first-order chi connectivity index (χ1) is 7.91. The van der Waals surface area contributed by atoms with Crippen LogP contribution in [0.15, 0.2) is 22.7 Å². The average molecular weight is 302 g/mol. The van der Waals surface area contributed by atoms with Crippen molar-refractivity contribution in [2.45, 2.75) is 0 Å². The fraction of sp³-hybridized carbons (Fsp3) is 0.200. The number of rotatable bonds is 3. The Bertz CT molecular complexity index is 448. The molecule has 0 saturated carbocycles. The molecular formula is C10H12BrN3O3. The number of benzene rings is 1. The van der Waals surface area contributed by atoms with Gasteiger partial charge < -0.3 is 10.4 Å². The van der Waals surface area contributed by atoms with Crippen molar-refractivity contribution in [2.75, 3.05) is 19.4 Å². The number of aromatic carboxylic acids is 1. The molecule has 92 valence electrons. The fourth-order valence-corrected chi connectivity index (χ4v) is 1.64. The summed E-state index contributed by atoms with van der Waals surface area (Å²) in [4.78, 5) is 22.4. The van der Waals surface area contributed by atoms with Gasteiger partial charge in [0.05, 0.1) is 11.3 Å². The highest BCUT2D eigenvalue weighted by atomic mass is 79.9. The molecule has 0 atom stereocenters. The number of urea groups is 1. The molecule has 1 rings (SSSR count). The Hall–Kier alpha value is -1.60. The maximum atomic E-state index is 11.5. The molecule has 0 bridgehead atoms. The summed E-state index contributed by atoms with van der Waals surface area (Å²) >= 11 is 3.19. The van der Waals surface area contributed by atoms with Gasteiger partial charge in [0.1, 0.15) is 0 Å². The maximum Gasteiger partial charge on any atom is 0.337 e. The molecule has 0 radical (unpaired) electrons. The molecule has 0 aliphatic carbocycles. The number of para-hydroxylation sites is 1. The molecule has 0 unspecified atom stereocenters. The minimum absolute atomic E-state index is 0.0216. The van der Waals surface area contributed by atoms with Crippen molar-refractivity contribution in [3.63, 3.8) is 0 Å². The number of nitrogens with one attached hydrogen (secondary N) is 2. The van der Waals surface area contributed by atoms with E-state index in [-0.39, 0.29) is 11.3 Å². The number of hydrazine groups is 1. The molecule has 17 heavy (non-hydrogen) atoms. The van der Waals surface area contributed by atoms with E-state index in [4.69, 9.17) is 5.11 Å². The summed E-state index contributed by atoms with van der Waals surface area (Å²) in [5.41, 5.74) is 2.70. The second-order valence-corrected chi connectivity index (χ2v) is 4.28. The molecule has 0 fully saturated rings. The number of carboxylic acids is 1. The van der Waals surface area contributed by atoms with Crippen LogP contribution in [0, 0.1) is 0 Å². The third-order valence-corrected chi connectivity index (χ3v) is 2.47. The van der Waals surface area contributed by atoms with Gasteiger partial charge in [-0.15, -0.1) is 0 Å². The maximum absolute atomic E-state index is 11.5. The first-order valence-electron chi connectivity index (χ1n) is 4.68. The van der Waals surface area contributed by atoms with Gasteiger partial charge in [-0.05, 0) is 28.1 Å². The van der Waals surface area contributed by atoms with Gasteiger partial charge in [-0.1, -0.05) is 6.07 Å². The van der Waals surface area contributed by atoms with Crippen molar-refractivity contribution in [2.24, 2.45) is 0 Å². The molecule has 0 aliphatic rings. The van der Waals surface area contributed by atoms with Crippen molar-refractivity contribution in [3.05, 3.63) is 28.2 Å². The van der Waals surface area contributed by atoms with Crippen LogP contribution in [-0.2, 0) is 0 Å². The third-order valence-electron chi connectivity index (χ3n) is 1.81. The number of nitrogens with zero attached hydrogens (tertiary/aromatic N) is 1. The molecule has 0 saturated heterocycles. The Labute approximate surface area is 107 Å². The largest absolute Gasteiger partial charge is 0.478 e. The number of amides is 2. The number of carbonyl (C=O) groups is 2. The van der Waals surface area contributed by atoms with Gasteiger partial charge in [-0.3, -0.25) is 5.43 Å². The molecule has 6 nitrogen and oxygen atoms in total. The standard InChI is InChI=1S/C10H12BrN3O3/c1-14(2)13-10(17)12-8-6(9(15)16)4-3-5-7(8)11/h3-5H,1-2H3,(H,15,16)(H2,12,13,17). The summed E-state index contributed by atoms with van der Waals surface area (Å²) < 4.78 is 0.506. The lowest BCUT2D eigenvalue weighted by atomic mass is 10.2. The van der Waals surface area contributed by atoms with Crippen LogP contribution < -0.4 is 10.7 Å². The molecule has 7 heteroatoms. The number of carbonyl (C=O) groups excluding carboxylic acids is 1. The van der Waals surface area contributed by atoms with Crippen molar-refractivity contribution in [3.8, 4) is 0 Å². The molecule has 0 aliphatic heterocycles. The first-order valence-corrected chi connectivity index (χ1v) is 5.48. The molecule has 0 heterocycles. The van der Waals surface area contributed by atoms with Crippen molar-refractivity contribution < 1.29 is 14.7 Å². The van der Waals surface area contributed by atoms with E-state index in [0.717, 1.165) is 0 Å². The Kier molecular flexibility index (Phi) is 4.47. The van der Waals surface area contributed by atoms with E-state index in [1.54, 1.807) is 26.2 Å². The van der Waals surface area contributed by atoms with E-state index in [9.17, 15) is 9.59 Å². The molecular weight excluding hydrogens is 290 g/mol. The van der Waals surface area contributed by atoms with Gasteiger partial charge in [-0.25, -0.2) is 14.6 Å². The predicted octanol–water partition coefficient (Wildman–Crippen LogP) is 1.75. The Morgan fingerprint density at radius 2 is 2.00 bits per heavy atom. The Balaban J connectivity index is 2.97. The van der Waals surface area contributed by atoms with Gasteiger partial charge in [0.2, 0.25) is 0 Å². The zero-order valence-electron chi connectivity index (χ0n) is 9.32. The second kappa shape index (κ2) is 5.65. The lowest BCUT2D eigenvalue weighted by molar-refractivity contribution is 0.0698. The van der Waals surface area contributed by atoms with Crippen LogP contribution in [0.4, 0.5) is 10.5 Å². The normalized spacial score (nSPS) is 10.1. The average Bonchev–Trinajstić information content (AvgIpc) is 2.19. The van der Waals surface area contributed by atoms with E-state index in [1.807, 2.05) is 0 Å². The van der Waals surface area contributed by atoms with Gasteiger partial charge in [0.15, 0.2) is 0 Å². The minimum Gasteiger partial charge on any atom is -0.478 e. The van der Waals surface area contributed by atoms with Crippen LogP contribution in [0.3, 0.4) is 0 Å². The number of hydrogen-bond donors (Lipinski definition) is 3. The van der Waals surface area contributed by atoms with Gasteiger partial charge >= 0.3 is 12.0 Å². The van der Waals surface area contributed by atoms with Crippen molar-refractivity contribution in [1.29, 1.82) is 0 Å². The summed E-state index contributed by atoms with van der Waals surface area (Å²) in [5, 5.41) is 12.9. The SMILES string of the molecule is CN(C)NC(=O)Nc1c(Br)cccc1C(=O)O. The molecule has 1 aromatic carbocycles. The zero-order chi connectivity index (χ0) is 13.0. The zero-order valence-corrected chi connectivity index (χ0v) is 10.9. The number of hydrogen-bond acceptors (Lipinski definition) is 3. The summed E-state index contributed by atoms with van der Waals surface area (Å²) in [6, 6.07) is 4.14. The highest BCUT2D eigenvalue weighted by Crippen LogP contribution is 2.26. The molecule has 2 amide bonds. The Morgan fingerprint density at radius 3 is 2.53 bits per heavy atom. The first kappa shape index (κ1) is 13.5. The van der Waals surface area contributed by atoms with Crippen LogP contribution in [-0.4, -0.2) is 36.2 Å². The summed E-state index contributed by atoms with van der Waals surface area (Å²) in [7, 11) is 3.30. The number of carboxylic acid groups (broad SMARTS) is 1. The second-order valence-electron chi connectivity index (χ2n) is 3.43. The fourth-order valence-electron chi connectivity index (χ4n) is 1.17. The molecule has 1 aromatic rings. The predicted molar refractivity (Wildman–Crippen MR) is 66.9 cm³/mol. The van der Waals surface area contributed by atoms with Gasteiger partial charge in [0, 0.05) is 18.6 Å². The van der Waals surface area contributed by atoms with Gasteiger partial charge in [0.25, 0.3) is 0 Å². The van der Waals surface area contributed by atoms with Crippen LogP contribution in [0.25, 0.3) is 0 Å². The Morgan fingerprint density at radius 1 is 1.35 bits per heavy atom. The van der Waals surface area contributed by atoms with E-state index in [2.05, 4.69) is 26.7 Å². The lowest BCUT2D eigenvalue weighted by Gasteiger charge is -2.15. The monoisotopic (exact) mass is 301 g/mol. The lowest BCUT2D eigenvalue weighted by Crippen LogP contribution is -2.39. The van der Waals surface area contributed by atoms with E-state index in [1.165, 1.54) is 11.1 Å². The molecule has 0 aromatic heterocycles. The number of anilines is 1. The van der Waals surface area contributed by atoms with Crippen LogP contribution in [0.1, 0.15) is 10.4 Å². The van der Waals surface area contributed by atoms with E-state index in [0.29, 0.717) is 4.47 Å². The van der Waals surface area contributed by atoms with Crippen molar-refractivity contribution in [1.82, 2.24) is 10.4 Å². The third kappa shape index (κ3) is 3.72. The summed E-state index contributed by atoms with van der Waals surface area (Å²) in [6.07, 6.45) is 0. The van der Waals surface area contributed by atoms with Crippen LogP contribution in [0.2, 0.25) is 0 Å². The summed E-state index contributed by atoms with van der Waals surface area (Å²) in [6.45, 7) is 0. The molecule has 0 spiro atoms. The topological polar surface area (TPSA) is 81.7 Å². The van der Waals surface area contributed by atoms with E-state index >= 15 is 0 Å². The van der Waals surface area contributed by atoms with Gasteiger partial charge in [-0.2, -0.15) is 0 Å². The number of halogens is 1. The smallest absolute Gasteiger partial charge is 0.337 e. The minimum atomic E-state index is -1.11. The highest BCUT2D eigenvalue weighted by Gasteiger charge is 2.15. The quantitative estimate of drug-likeness (QED) is 0.743. The van der Waals surface area contributed by atoms with Crippen molar-refractivity contribution >= 4 is 33.6 Å². The summed E-state index contributed by atoms with van der Waals surface area (Å²) in [5.74, 6) is -1.11. The molecule has 3 N–H and O–H groups in total. The highest BCUT2D eigenvalue weighted by molar-refractivity contribution is 9.10. The van der Waals surface area contributed by atoms with E-state index < -0.39 is 12.0 Å². The van der Waals surface area contributed by atoms with Crippen LogP contribution >= 0.6 is 15.9 Å². The van der Waals surface area contributed by atoms with Crippen LogP contribution in [0.5, 0.6) is 0 Å².